The maximum Gasteiger partial charge on any atom is 0.348 e. The molecule has 2 aromatic heterocycles. The summed E-state index contributed by atoms with van der Waals surface area (Å²) in [5, 5.41) is 0.531. The van der Waals surface area contributed by atoms with Crippen LogP contribution in [0.25, 0.3) is 10.2 Å². The van der Waals surface area contributed by atoms with Gasteiger partial charge in [0.1, 0.15) is 21.6 Å². The third kappa shape index (κ3) is 5.21. The first kappa shape index (κ1) is 22.5. The number of carbonyl (C=O) groups excluding carboxylic acids is 1. The Bertz CT molecular complexity index is 1130. The number of aromatic nitrogens is 2. The number of carbonyl (C=O) groups is 1. The second kappa shape index (κ2) is 10.3. The molecular formula is C25H30N2O4S. The highest BCUT2D eigenvalue weighted by atomic mass is 32.1. The Kier molecular flexibility index (Phi) is 7.25. The number of thiophene rings is 1. The predicted molar refractivity (Wildman–Crippen MR) is 127 cm³/mol. The minimum absolute atomic E-state index is 0.00684. The molecule has 7 heteroatoms. The van der Waals surface area contributed by atoms with Crippen molar-refractivity contribution in [3.05, 3.63) is 57.0 Å². The zero-order valence-corrected chi connectivity index (χ0v) is 19.6. The number of esters is 1. The first-order valence-electron chi connectivity index (χ1n) is 11.4. The number of aryl methyl sites for hydroxylation is 3. The first-order valence-corrected chi connectivity index (χ1v) is 12.2. The number of nitrogens with zero attached hydrogens (tertiary/aromatic N) is 2. The topological polar surface area (TPSA) is 70.4 Å². The monoisotopic (exact) mass is 454 g/mol. The lowest BCUT2D eigenvalue weighted by molar-refractivity contribution is 0.0216. The van der Waals surface area contributed by atoms with Crippen LogP contribution in [0.5, 0.6) is 5.75 Å². The van der Waals surface area contributed by atoms with E-state index in [0.717, 1.165) is 44.3 Å². The summed E-state index contributed by atoms with van der Waals surface area (Å²) in [5.41, 5.74) is 1.79. The summed E-state index contributed by atoms with van der Waals surface area (Å²) < 4.78 is 13.1. The van der Waals surface area contributed by atoms with E-state index in [1.807, 2.05) is 38.1 Å². The lowest BCUT2D eigenvalue weighted by Gasteiger charge is -2.21. The second-order valence-corrected chi connectivity index (χ2v) is 9.51. The van der Waals surface area contributed by atoms with Gasteiger partial charge in [0.15, 0.2) is 0 Å². The highest BCUT2D eigenvalue weighted by Gasteiger charge is 2.24. The minimum Gasteiger partial charge on any atom is -0.494 e. The molecule has 0 radical (unpaired) electrons. The average Bonchev–Trinajstić information content (AvgIpc) is 3.14. The molecule has 0 unspecified atom stereocenters. The van der Waals surface area contributed by atoms with Crippen molar-refractivity contribution in [1.29, 1.82) is 0 Å². The molecule has 1 fully saturated rings. The number of ether oxygens (including phenoxy) is 2. The van der Waals surface area contributed by atoms with E-state index >= 15 is 0 Å². The molecule has 1 aliphatic carbocycles. The van der Waals surface area contributed by atoms with E-state index in [9.17, 15) is 9.59 Å². The number of fused-ring (bicyclic) bond motifs is 1. The molecule has 3 aromatic rings. The molecule has 32 heavy (non-hydrogen) atoms. The van der Waals surface area contributed by atoms with Gasteiger partial charge >= 0.3 is 5.97 Å². The van der Waals surface area contributed by atoms with Crippen LogP contribution in [0.15, 0.2) is 35.4 Å². The Hall–Kier alpha value is -2.67. The molecule has 6 nitrogen and oxygen atoms in total. The molecule has 0 saturated heterocycles. The molecule has 0 spiro atoms. The van der Waals surface area contributed by atoms with Crippen LogP contribution >= 0.6 is 11.3 Å². The fourth-order valence-electron chi connectivity index (χ4n) is 4.11. The highest BCUT2D eigenvalue weighted by molar-refractivity contribution is 7.20. The lowest BCUT2D eigenvalue weighted by Crippen LogP contribution is -2.22. The molecule has 0 aliphatic heterocycles. The third-order valence-corrected chi connectivity index (χ3v) is 7.19. The molecule has 1 saturated carbocycles. The normalized spacial score (nSPS) is 14.6. The summed E-state index contributed by atoms with van der Waals surface area (Å²) in [6, 6.07) is 7.98. The van der Waals surface area contributed by atoms with Crippen molar-refractivity contribution in [2.45, 2.75) is 71.4 Å². The van der Waals surface area contributed by atoms with Crippen LogP contribution in [-0.4, -0.2) is 28.2 Å². The number of unbranched alkanes of at least 4 members (excludes halogenated alkanes) is 1. The first-order chi connectivity index (χ1) is 15.5. The van der Waals surface area contributed by atoms with Crippen LogP contribution in [0.1, 0.15) is 65.7 Å². The Morgan fingerprint density at radius 3 is 2.62 bits per heavy atom. The van der Waals surface area contributed by atoms with Crippen molar-refractivity contribution in [2.24, 2.45) is 0 Å². The van der Waals surface area contributed by atoms with Crippen molar-refractivity contribution in [3.63, 3.8) is 0 Å². The fraction of sp³-hybridized carbons (Fsp3) is 0.480. The van der Waals surface area contributed by atoms with Crippen LogP contribution in [0.3, 0.4) is 0 Å². The van der Waals surface area contributed by atoms with E-state index < -0.39 is 0 Å². The second-order valence-electron chi connectivity index (χ2n) is 8.51. The molecule has 1 aliphatic rings. The van der Waals surface area contributed by atoms with E-state index in [1.54, 1.807) is 10.9 Å². The molecule has 2 heterocycles. The molecule has 0 N–H and O–H groups in total. The number of benzene rings is 1. The van der Waals surface area contributed by atoms with Gasteiger partial charge in [0.05, 0.1) is 18.3 Å². The molecule has 0 atom stereocenters. The Balaban J connectivity index is 1.37. The Morgan fingerprint density at radius 2 is 1.88 bits per heavy atom. The summed E-state index contributed by atoms with van der Waals surface area (Å²) in [4.78, 5) is 31.3. The summed E-state index contributed by atoms with van der Waals surface area (Å²) in [7, 11) is 0. The summed E-state index contributed by atoms with van der Waals surface area (Å²) in [6.45, 7) is 5.03. The van der Waals surface area contributed by atoms with Crippen LogP contribution in [0.2, 0.25) is 0 Å². The van der Waals surface area contributed by atoms with Crippen molar-refractivity contribution in [2.75, 3.05) is 6.61 Å². The van der Waals surface area contributed by atoms with Crippen molar-refractivity contribution in [3.8, 4) is 5.75 Å². The zero-order chi connectivity index (χ0) is 22.5. The fourth-order valence-corrected chi connectivity index (χ4v) is 5.13. The number of rotatable bonds is 8. The van der Waals surface area contributed by atoms with Gasteiger partial charge in [0, 0.05) is 6.54 Å². The van der Waals surface area contributed by atoms with E-state index in [-0.39, 0.29) is 17.6 Å². The van der Waals surface area contributed by atoms with Gasteiger partial charge < -0.3 is 9.47 Å². The number of hydrogen-bond donors (Lipinski definition) is 0. The summed E-state index contributed by atoms with van der Waals surface area (Å²) in [5.74, 6) is 0.536. The van der Waals surface area contributed by atoms with Gasteiger partial charge in [0.25, 0.3) is 5.56 Å². The Labute approximate surface area is 192 Å². The standard InChI is InChI=1S/C25H30N2O4S/c1-17-10-12-19(13-11-17)30-15-7-6-14-27-16-26-23-21(24(27)28)18(2)22(32-23)25(29)31-20-8-4-3-5-9-20/h10-13,16,20H,3-9,14-15H2,1-2H3. The van der Waals surface area contributed by atoms with E-state index in [2.05, 4.69) is 4.98 Å². The maximum atomic E-state index is 13.0. The molecular weight excluding hydrogens is 424 g/mol. The maximum absolute atomic E-state index is 13.0. The van der Waals surface area contributed by atoms with E-state index in [0.29, 0.717) is 33.8 Å². The zero-order valence-electron chi connectivity index (χ0n) is 18.8. The van der Waals surface area contributed by atoms with Crippen LogP contribution in [-0.2, 0) is 11.3 Å². The van der Waals surface area contributed by atoms with Gasteiger partial charge in [-0.25, -0.2) is 9.78 Å². The van der Waals surface area contributed by atoms with Crippen LogP contribution < -0.4 is 10.3 Å². The SMILES string of the molecule is Cc1ccc(OCCCCn2cnc3sc(C(=O)OC4CCCCC4)c(C)c3c2=O)cc1. The largest absolute Gasteiger partial charge is 0.494 e. The third-order valence-electron chi connectivity index (χ3n) is 6.01. The van der Waals surface area contributed by atoms with Crippen molar-refractivity contribution in [1.82, 2.24) is 9.55 Å². The van der Waals surface area contributed by atoms with Crippen molar-refractivity contribution >= 4 is 27.5 Å². The van der Waals surface area contributed by atoms with Gasteiger partial charge in [-0.05, 0) is 70.1 Å². The summed E-state index contributed by atoms with van der Waals surface area (Å²) in [6.07, 6.45) is 8.47. The van der Waals surface area contributed by atoms with Gasteiger partial charge in [-0.1, -0.05) is 24.1 Å². The average molecular weight is 455 g/mol. The smallest absolute Gasteiger partial charge is 0.348 e. The van der Waals surface area contributed by atoms with Gasteiger partial charge in [0.2, 0.25) is 0 Å². The molecule has 4 rings (SSSR count). The Morgan fingerprint density at radius 1 is 1.12 bits per heavy atom. The summed E-state index contributed by atoms with van der Waals surface area (Å²) >= 11 is 1.26. The van der Waals surface area contributed by atoms with Crippen LogP contribution in [0, 0.1) is 13.8 Å². The predicted octanol–water partition coefficient (Wildman–Crippen LogP) is 5.42. The molecule has 170 valence electrons. The van der Waals surface area contributed by atoms with Gasteiger partial charge in [-0.2, -0.15) is 0 Å². The van der Waals surface area contributed by atoms with Gasteiger partial charge in [-0.3, -0.25) is 9.36 Å². The molecule has 0 bridgehead atoms. The van der Waals surface area contributed by atoms with Crippen molar-refractivity contribution < 1.29 is 14.3 Å². The minimum atomic E-state index is -0.323. The quantitative estimate of drug-likeness (QED) is 0.336. The molecule has 0 amide bonds. The lowest BCUT2D eigenvalue weighted by atomic mass is 9.98. The van der Waals surface area contributed by atoms with Gasteiger partial charge in [-0.15, -0.1) is 11.3 Å². The van der Waals surface area contributed by atoms with E-state index in [4.69, 9.17) is 9.47 Å². The number of hydrogen-bond acceptors (Lipinski definition) is 6. The van der Waals surface area contributed by atoms with E-state index in [1.165, 1.54) is 23.3 Å². The molecule has 1 aromatic carbocycles. The van der Waals surface area contributed by atoms with Crippen LogP contribution in [0.4, 0.5) is 0 Å². The highest BCUT2D eigenvalue weighted by Crippen LogP contribution is 2.29.